The highest BCUT2D eigenvalue weighted by atomic mass is 31.1. The lowest BCUT2D eigenvalue weighted by atomic mass is 10.1. The van der Waals surface area contributed by atoms with E-state index >= 15 is 0 Å². The van der Waals surface area contributed by atoms with Crippen molar-refractivity contribution in [3.63, 3.8) is 0 Å². The van der Waals surface area contributed by atoms with Gasteiger partial charge >= 0.3 is 7.80 Å². The Hall–Kier alpha value is -0.680. The summed E-state index contributed by atoms with van der Waals surface area (Å²) in [5.74, 6) is 0. The van der Waals surface area contributed by atoms with E-state index < -0.39 is 7.80 Å². The van der Waals surface area contributed by atoms with Crippen LogP contribution in [0.1, 0.15) is 6.92 Å². The largest absolute Gasteiger partial charge is 0.347 e. The zero-order valence-electron chi connectivity index (χ0n) is 6.82. The molecule has 1 rings (SSSR count). The molecular formula is C9H12OP+. The minimum atomic E-state index is -1.12. The molecule has 0 fully saturated rings. The van der Waals surface area contributed by atoms with Gasteiger partial charge in [0.1, 0.15) is 6.66 Å². The van der Waals surface area contributed by atoms with Crippen LogP contribution in [0.2, 0.25) is 0 Å². The van der Waals surface area contributed by atoms with E-state index in [1.807, 2.05) is 37.3 Å². The van der Waals surface area contributed by atoms with Crippen molar-refractivity contribution in [2.45, 2.75) is 12.6 Å². The molecule has 0 aromatic heterocycles. The molecule has 1 aliphatic carbocycles. The quantitative estimate of drug-likeness (QED) is 0.549. The molecule has 0 aromatic rings. The molecule has 0 spiro atoms. The van der Waals surface area contributed by atoms with Gasteiger partial charge in [0, 0.05) is 5.57 Å². The van der Waals surface area contributed by atoms with Gasteiger partial charge in [-0.2, -0.15) is 0 Å². The summed E-state index contributed by atoms with van der Waals surface area (Å²) in [6, 6.07) is 0. The molecule has 0 N–H and O–H groups in total. The first kappa shape index (κ1) is 8.42. The molecule has 1 aliphatic rings. The summed E-state index contributed by atoms with van der Waals surface area (Å²) in [6.07, 6.45) is 9.95. The van der Waals surface area contributed by atoms with Crippen molar-refractivity contribution >= 4 is 7.80 Å². The third-order valence-corrected chi connectivity index (χ3v) is 3.01. The predicted octanol–water partition coefficient (Wildman–Crippen LogP) is 2.88. The third-order valence-electron chi connectivity index (χ3n) is 1.76. The van der Waals surface area contributed by atoms with Crippen LogP contribution in [0.3, 0.4) is 0 Å². The van der Waals surface area contributed by atoms with Crippen LogP contribution in [0.5, 0.6) is 0 Å². The van der Waals surface area contributed by atoms with Crippen LogP contribution in [0, 0.1) is 0 Å². The van der Waals surface area contributed by atoms with Crippen molar-refractivity contribution in [2.75, 3.05) is 6.66 Å². The molecule has 2 heteroatoms. The van der Waals surface area contributed by atoms with Gasteiger partial charge in [-0.25, -0.2) is 0 Å². The smallest absolute Gasteiger partial charge is 0.0796 e. The van der Waals surface area contributed by atoms with E-state index in [9.17, 15) is 4.57 Å². The van der Waals surface area contributed by atoms with Gasteiger partial charge in [-0.05, 0) is 13.0 Å². The molecule has 0 radical (unpaired) electrons. The van der Waals surface area contributed by atoms with Crippen LogP contribution in [-0.2, 0) is 4.57 Å². The third kappa shape index (κ3) is 1.87. The molecule has 0 saturated heterocycles. The van der Waals surface area contributed by atoms with E-state index in [2.05, 4.69) is 0 Å². The van der Waals surface area contributed by atoms with E-state index in [4.69, 9.17) is 0 Å². The molecule has 0 heterocycles. The minimum absolute atomic E-state index is 0.139. The van der Waals surface area contributed by atoms with Crippen molar-refractivity contribution < 1.29 is 4.57 Å². The van der Waals surface area contributed by atoms with Crippen molar-refractivity contribution in [1.29, 1.82) is 0 Å². The molecule has 11 heavy (non-hydrogen) atoms. The first-order valence-corrected chi connectivity index (χ1v) is 5.44. The lowest BCUT2D eigenvalue weighted by molar-refractivity contribution is 0.589. The summed E-state index contributed by atoms with van der Waals surface area (Å²) in [7, 11) is -1.12. The van der Waals surface area contributed by atoms with Crippen LogP contribution in [0.25, 0.3) is 0 Å². The Morgan fingerprint density at radius 2 is 2.27 bits per heavy atom. The molecule has 1 nitrogen and oxygen atoms in total. The SMILES string of the molecule is CC=C1C=CC=CC1[P+](C)=O. The predicted molar refractivity (Wildman–Crippen MR) is 49.4 cm³/mol. The van der Waals surface area contributed by atoms with Gasteiger partial charge in [0.25, 0.3) is 0 Å². The van der Waals surface area contributed by atoms with Crippen LogP contribution < -0.4 is 0 Å². The van der Waals surface area contributed by atoms with Gasteiger partial charge in [0.2, 0.25) is 0 Å². The Balaban J connectivity index is 2.88. The fourth-order valence-electron chi connectivity index (χ4n) is 1.14. The highest BCUT2D eigenvalue weighted by Crippen LogP contribution is 2.32. The second-order valence-corrected chi connectivity index (χ2v) is 4.17. The van der Waals surface area contributed by atoms with E-state index in [-0.39, 0.29) is 5.66 Å². The summed E-state index contributed by atoms with van der Waals surface area (Å²) in [5, 5.41) is 0. The maximum absolute atomic E-state index is 11.2. The second-order valence-electron chi connectivity index (χ2n) is 2.52. The average molecular weight is 167 g/mol. The Bertz CT molecular complexity index is 248. The van der Waals surface area contributed by atoms with Gasteiger partial charge in [-0.3, -0.25) is 0 Å². The van der Waals surface area contributed by atoms with E-state index in [0.29, 0.717) is 0 Å². The van der Waals surface area contributed by atoms with Crippen molar-refractivity contribution in [3.05, 3.63) is 36.0 Å². The summed E-state index contributed by atoms with van der Waals surface area (Å²) in [6.45, 7) is 3.75. The number of hydrogen-bond donors (Lipinski definition) is 0. The van der Waals surface area contributed by atoms with Gasteiger partial charge in [-0.1, -0.05) is 28.9 Å². The van der Waals surface area contributed by atoms with Crippen LogP contribution in [0.15, 0.2) is 36.0 Å². The van der Waals surface area contributed by atoms with Gasteiger partial charge in [-0.15, -0.1) is 0 Å². The van der Waals surface area contributed by atoms with Crippen LogP contribution in [0.4, 0.5) is 0 Å². The summed E-state index contributed by atoms with van der Waals surface area (Å²) in [4.78, 5) is 0. The summed E-state index contributed by atoms with van der Waals surface area (Å²) in [5.41, 5.74) is 1.30. The second kappa shape index (κ2) is 3.64. The first-order chi connectivity index (χ1) is 5.25. The van der Waals surface area contributed by atoms with Crippen LogP contribution in [-0.4, -0.2) is 12.3 Å². The van der Waals surface area contributed by atoms with E-state index in [0.717, 1.165) is 5.57 Å². The molecule has 0 amide bonds. The molecule has 0 saturated carbocycles. The zero-order valence-corrected chi connectivity index (χ0v) is 7.71. The lowest BCUT2D eigenvalue weighted by Gasteiger charge is -2.04. The molecule has 0 aliphatic heterocycles. The zero-order chi connectivity index (χ0) is 8.27. The Kier molecular flexibility index (Phi) is 2.78. The summed E-state index contributed by atoms with van der Waals surface area (Å²) < 4.78 is 11.2. The molecule has 0 bridgehead atoms. The average Bonchev–Trinajstić information content (AvgIpc) is 2.04. The molecular weight excluding hydrogens is 155 g/mol. The number of allylic oxidation sites excluding steroid dienone is 6. The first-order valence-electron chi connectivity index (χ1n) is 3.66. The van der Waals surface area contributed by atoms with Crippen molar-refractivity contribution in [2.24, 2.45) is 0 Å². The topological polar surface area (TPSA) is 17.1 Å². The maximum Gasteiger partial charge on any atom is 0.347 e. The van der Waals surface area contributed by atoms with Gasteiger partial charge < -0.3 is 0 Å². The van der Waals surface area contributed by atoms with Gasteiger partial charge in [0.15, 0.2) is 5.66 Å². The lowest BCUT2D eigenvalue weighted by Crippen LogP contribution is -2.02. The normalized spacial score (nSPS) is 27.6. The van der Waals surface area contributed by atoms with E-state index in [1.54, 1.807) is 6.66 Å². The summed E-state index contributed by atoms with van der Waals surface area (Å²) >= 11 is 0. The molecule has 2 unspecified atom stereocenters. The van der Waals surface area contributed by atoms with E-state index in [1.165, 1.54) is 0 Å². The minimum Gasteiger partial charge on any atom is -0.0796 e. The molecule has 0 aromatic carbocycles. The fraction of sp³-hybridized carbons (Fsp3) is 0.333. The number of hydrogen-bond acceptors (Lipinski definition) is 1. The maximum atomic E-state index is 11.2. The van der Waals surface area contributed by atoms with Crippen LogP contribution >= 0.6 is 7.80 Å². The molecule has 58 valence electrons. The highest BCUT2D eigenvalue weighted by Gasteiger charge is 2.25. The monoisotopic (exact) mass is 167 g/mol. The Morgan fingerprint density at radius 3 is 2.73 bits per heavy atom. The fourth-order valence-corrected chi connectivity index (χ4v) is 2.14. The Morgan fingerprint density at radius 1 is 1.55 bits per heavy atom. The Labute approximate surface area is 68.3 Å². The standard InChI is InChI=1S/C9H12OP/c1-3-8-6-4-5-7-9(8)11(2)10/h3-7,9H,1-2H3/q+1. The van der Waals surface area contributed by atoms with Crippen molar-refractivity contribution in [1.82, 2.24) is 0 Å². The van der Waals surface area contributed by atoms with Gasteiger partial charge in [0.05, 0.1) is 0 Å². The van der Waals surface area contributed by atoms with Crippen molar-refractivity contribution in [3.8, 4) is 0 Å². The number of rotatable bonds is 1. The molecule has 2 atom stereocenters. The highest BCUT2D eigenvalue weighted by molar-refractivity contribution is 7.45.